The van der Waals surface area contributed by atoms with Crippen molar-refractivity contribution in [3.63, 3.8) is 0 Å². The van der Waals surface area contributed by atoms with Crippen molar-refractivity contribution in [2.75, 3.05) is 0 Å². The van der Waals surface area contributed by atoms with E-state index in [-0.39, 0.29) is 22.2 Å². The van der Waals surface area contributed by atoms with E-state index in [9.17, 15) is 0 Å². The van der Waals surface area contributed by atoms with Crippen molar-refractivity contribution in [2.45, 2.75) is 116 Å². The fraction of sp³-hybridized carbons (Fsp3) is 0.231. The van der Waals surface area contributed by atoms with Gasteiger partial charge in [0.15, 0.2) is 0 Å². The summed E-state index contributed by atoms with van der Waals surface area (Å²) in [5, 5.41) is 0. The Bertz CT molecular complexity index is 3600. The van der Waals surface area contributed by atoms with Gasteiger partial charge in [0.25, 0.3) is 0 Å². The van der Waals surface area contributed by atoms with Crippen molar-refractivity contribution in [3.8, 4) is 44.5 Å². The van der Waals surface area contributed by atoms with Crippen LogP contribution in [0.4, 0.5) is 11.4 Å². The maximum absolute atomic E-state index is 2.48. The molecule has 2 nitrogen and oxygen atoms in total. The van der Waals surface area contributed by atoms with Gasteiger partial charge >= 0.3 is 0 Å². The molecule has 14 rings (SSSR count). The van der Waals surface area contributed by atoms with Gasteiger partial charge in [0.1, 0.15) is 12.3 Å². The first kappa shape index (κ1) is 53.6. The van der Waals surface area contributed by atoms with Gasteiger partial charge in [-0.1, -0.05) is 276 Å². The fourth-order valence-corrected chi connectivity index (χ4v) is 17.9. The van der Waals surface area contributed by atoms with Crippen LogP contribution in [-0.4, -0.2) is 34.4 Å². The average Bonchev–Trinajstić information content (AvgIpc) is 2.04. The number of hydrogen-bond acceptors (Lipinski definition) is 0. The highest BCUT2D eigenvalue weighted by atomic mass is 15.3. The lowest BCUT2D eigenvalue weighted by Gasteiger charge is -2.52. The van der Waals surface area contributed by atoms with Gasteiger partial charge in [-0.2, -0.15) is 32.8 Å². The summed E-state index contributed by atoms with van der Waals surface area (Å²) < 4.78 is 0. The topological polar surface area (TPSA) is 8.88 Å². The lowest BCUT2D eigenvalue weighted by molar-refractivity contribution is -0.941. The number of para-hydroxylation sites is 2. The molecular formula is C78H80B2N2. The zero-order valence-corrected chi connectivity index (χ0v) is 49.6. The van der Waals surface area contributed by atoms with Crippen LogP contribution in [0.2, 0.25) is 0 Å². The number of fused-ring (bicyclic) bond motifs is 6. The summed E-state index contributed by atoms with van der Waals surface area (Å²) in [7, 11) is 0. The first-order valence-corrected chi connectivity index (χ1v) is 30.7. The van der Waals surface area contributed by atoms with Crippen molar-refractivity contribution in [2.24, 2.45) is 0 Å². The summed E-state index contributed by atoms with van der Waals surface area (Å²) >= 11 is 0. The van der Waals surface area contributed by atoms with E-state index >= 15 is 0 Å². The molecule has 0 atom stereocenters. The van der Waals surface area contributed by atoms with Crippen molar-refractivity contribution < 1.29 is 9.80 Å². The third-order valence-corrected chi connectivity index (χ3v) is 20.6. The molecule has 0 amide bonds. The number of quaternary nitrogens is 2. The average molecular weight is 1070 g/mol. The van der Waals surface area contributed by atoms with Crippen molar-refractivity contribution in [1.82, 2.24) is 0 Å². The highest BCUT2D eigenvalue weighted by Gasteiger charge is 2.52. The van der Waals surface area contributed by atoms with Crippen LogP contribution in [0.3, 0.4) is 0 Å². The van der Waals surface area contributed by atoms with Crippen LogP contribution >= 0.6 is 0 Å². The van der Waals surface area contributed by atoms with Crippen LogP contribution in [0.15, 0.2) is 255 Å². The van der Waals surface area contributed by atoms with Crippen LogP contribution in [0, 0.1) is 0 Å². The SMILES string of the molecule is CC1(C)CCCC(C)(C)[NH+]1c1ccccc1[B-]1(c2ccccc2-c2ccccc2)c2ccccc2-c2ccccc21.CC1(C)CCCC(C)(C)[NH+]1c1ccccc1[B-]1(c2ccccc2-c2ccccc2)c2ccccc2-c2ccccc21. The lowest BCUT2D eigenvalue weighted by atomic mass is 9.13. The Hall–Kier alpha value is -7.75. The molecular weight excluding hydrogens is 986 g/mol. The molecule has 4 aliphatic rings. The van der Waals surface area contributed by atoms with Gasteiger partial charge in [-0.3, -0.25) is 9.80 Å². The van der Waals surface area contributed by atoms with Gasteiger partial charge < -0.3 is 0 Å². The Balaban J connectivity index is 0.000000154. The molecule has 0 bridgehead atoms. The standard InChI is InChI=1S/2C39H39BN/c2*1-38(2)27-16-28-39(3,4)41(38)37-26-15-14-25-36(37)40(33-22-11-8-19-30(33)29-17-6-5-7-18-29)34-23-12-9-20-31(34)32-21-10-13-24-35(32)40/h2*5-15,17-26H,16,27-28H2,1-4H3/q2*-1/p+2. The zero-order chi connectivity index (χ0) is 56.5. The Morgan fingerprint density at radius 3 is 0.720 bits per heavy atom. The molecule has 2 saturated heterocycles. The van der Waals surface area contributed by atoms with Gasteiger partial charge in [-0.15, -0.1) is 10.9 Å². The van der Waals surface area contributed by atoms with Crippen molar-refractivity contribution in [1.29, 1.82) is 0 Å². The molecule has 2 N–H and O–H groups in total. The maximum atomic E-state index is 2.48. The monoisotopic (exact) mass is 1070 g/mol. The number of rotatable bonds is 8. The van der Waals surface area contributed by atoms with E-state index < -0.39 is 12.3 Å². The van der Waals surface area contributed by atoms with E-state index in [2.05, 4.69) is 310 Å². The highest BCUT2D eigenvalue weighted by Crippen LogP contribution is 2.36. The predicted octanol–water partition coefficient (Wildman–Crippen LogP) is 11.9. The Morgan fingerprint density at radius 1 is 0.232 bits per heavy atom. The smallest absolute Gasteiger partial charge is 0.117 e. The number of piperidine rings is 2. The summed E-state index contributed by atoms with van der Waals surface area (Å²) in [5.74, 6) is 0. The zero-order valence-electron chi connectivity index (χ0n) is 49.6. The summed E-state index contributed by atoms with van der Waals surface area (Å²) in [6.07, 6.45) is 4.53. The van der Waals surface area contributed by atoms with Crippen LogP contribution in [0.1, 0.15) is 93.9 Å². The van der Waals surface area contributed by atoms with E-state index in [1.807, 2.05) is 0 Å². The first-order chi connectivity index (χ1) is 39.7. The third kappa shape index (κ3) is 8.46. The fourth-order valence-electron chi connectivity index (χ4n) is 17.9. The molecule has 0 saturated carbocycles. The summed E-state index contributed by atoms with van der Waals surface area (Å²) in [6.45, 7) is 19.8. The summed E-state index contributed by atoms with van der Waals surface area (Å²) in [4.78, 5) is 3.24. The molecule has 0 spiro atoms. The molecule has 10 aromatic rings. The normalized spacial score (nSPS) is 18.4. The molecule has 408 valence electrons. The molecule has 10 aromatic carbocycles. The van der Waals surface area contributed by atoms with E-state index in [0.717, 1.165) is 0 Å². The Labute approximate surface area is 489 Å². The number of benzene rings is 10. The van der Waals surface area contributed by atoms with E-state index in [4.69, 9.17) is 0 Å². The molecule has 82 heavy (non-hydrogen) atoms. The molecule has 4 aliphatic heterocycles. The second-order valence-corrected chi connectivity index (χ2v) is 27.2. The van der Waals surface area contributed by atoms with Crippen LogP contribution < -0.4 is 53.5 Å². The Morgan fingerprint density at radius 2 is 0.439 bits per heavy atom. The lowest BCUT2D eigenvalue weighted by Crippen LogP contribution is -3.23. The van der Waals surface area contributed by atoms with Crippen molar-refractivity contribution in [3.05, 3.63) is 255 Å². The van der Waals surface area contributed by atoms with Gasteiger partial charge in [-0.25, -0.2) is 0 Å². The van der Waals surface area contributed by atoms with Crippen molar-refractivity contribution >= 4 is 67.4 Å². The molecule has 0 aliphatic carbocycles. The highest BCUT2D eigenvalue weighted by molar-refractivity contribution is 7.24. The molecule has 0 unspecified atom stereocenters. The predicted molar refractivity (Wildman–Crippen MR) is 354 cm³/mol. The minimum Gasteiger partial charge on any atom is -0.296 e. The van der Waals surface area contributed by atoms with Crippen LogP contribution in [-0.2, 0) is 0 Å². The molecule has 0 aromatic heterocycles. The first-order valence-electron chi connectivity index (χ1n) is 30.7. The van der Waals surface area contributed by atoms with Gasteiger partial charge in [0.05, 0.1) is 33.5 Å². The molecule has 4 heteroatoms. The summed E-state index contributed by atoms with van der Waals surface area (Å²) in [5.41, 5.74) is 25.6. The largest absolute Gasteiger partial charge is 0.296 e. The third-order valence-electron chi connectivity index (χ3n) is 20.6. The van der Waals surface area contributed by atoms with E-state index in [0.29, 0.717) is 0 Å². The summed E-state index contributed by atoms with van der Waals surface area (Å²) in [6, 6.07) is 96.1. The van der Waals surface area contributed by atoms with Gasteiger partial charge in [0, 0.05) is 25.7 Å². The minimum absolute atomic E-state index is 0.131. The number of hydrogen-bond donors (Lipinski definition) is 2. The molecule has 4 heterocycles. The molecule has 2 fully saturated rings. The second-order valence-electron chi connectivity index (χ2n) is 27.2. The number of nitrogens with one attached hydrogen (secondary N) is 2. The van der Waals surface area contributed by atoms with E-state index in [1.165, 1.54) is 138 Å². The minimum atomic E-state index is -1.48. The van der Waals surface area contributed by atoms with Gasteiger partial charge in [-0.05, 0) is 91.5 Å². The van der Waals surface area contributed by atoms with E-state index in [1.54, 1.807) is 9.80 Å². The second kappa shape index (κ2) is 20.6. The Kier molecular flexibility index (Phi) is 13.5. The van der Waals surface area contributed by atoms with Crippen LogP contribution in [0.5, 0.6) is 0 Å². The molecule has 0 radical (unpaired) electrons. The van der Waals surface area contributed by atoms with Gasteiger partial charge in [0.2, 0.25) is 0 Å². The maximum Gasteiger partial charge on any atom is 0.117 e. The van der Waals surface area contributed by atoms with Crippen LogP contribution in [0.25, 0.3) is 44.5 Å². The quantitative estimate of drug-likeness (QED) is 0.140.